The predicted octanol–water partition coefficient (Wildman–Crippen LogP) is 2.24. The van der Waals surface area contributed by atoms with Crippen LogP contribution in [-0.4, -0.2) is 18.3 Å². The summed E-state index contributed by atoms with van der Waals surface area (Å²) in [7, 11) is 0. The maximum atomic E-state index is 5.46. The lowest BCUT2D eigenvalue weighted by atomic mass is 9.78. The Balaban J connectivity index is 2.26. The molecule has 80 valence electrons. The van der Waals surface area contributed by atoms with Gasteiger partial charge in [-0.25, -0.2) is 0 Å². The van der Waals surface area contributed by atoms with E-state index in [1.807, 2.05) is 6.07 Å². The molecule has 0 amide bonds. The third-order valence-corrected chi connectivity index (χ3v) is 3.38. The van der Waals surface area contributed by atoms with Crippen molar-refractivity contribution in [3.05, 3.63) is 35.9 Å². The molecular weight excluding hydrogens is 206 g/mol. The molecule has 0 bridgehead atoms. The fraction of sp³-hybridized carbons (Fsp3) is 0.417. The number of ether oxygens (including phenoxy) is 1. The van der Waals surface area contributed by atoms with Crippen LogP contribution in [0.4, 0.5) is 0 Å². The van der Waals surface area contributed by atoms with Crippen LogP contribution < -0.4 is 5.32 Å². The second-order valence-corrected chi connectivity index (χ2v) is 4.30. The summed E-state index contributed by atoms with van der Waals surface area (Å²) < 4.78 is 5.46. The first-order chi connectivity index (χ1) is 7.27. The molecule has 1 aliphatic rings. The van der Waals surface area contributed by atoms with Crippen molar-refractivity contribution in [2.24, 2.45) is 0 Å². The van der Waals surface area contributed by atoms with Crippen molar-refractivity contribution in [3.63, 3.8) is 0 Å². The van der Waals surface area contributed by atoms with Gasteiger partial charge in [0.1, 0.15) is 6.61 Å². The summed E-state index contributed by atoms with van der Waals surface area (Å²) in [4.78, 5) is 0. The average molecular weight is 221 g/mol. The lowest BCUT2D eigenvalue weighted by Gasteiger charge is -2.37. The SMILES string of the molecule is CCC1(c2ccccc2)CNC(=S)OC1. The largest absolute Gasteiger partial charge is 0.470 e. The number of nitrogens with one attached hydrogen (secondary N) is 1. The molecule has 1 saturated heterocycles. The van der Waals surface area contributed by atoms with Crippen LogP contribution in [0.2, 0.25) is 0 Å². The molecule has 0 aliphatic carbocycles. The van der Waals surface area contributed by atoms with Crippen LogP contribution in [0.5, 0.6) is 0 Å². The van der Waals surface area contributed by atoms with Crippen molar-refractivity contribution < 1.29 is 4.74 Å². The first-order valence-electron chi connectivity index (χ1n) is 5.23. The topological polar surface area (TPSA) is 21.3 Å². The zero-order valence-corrected chi connectivity index (χ0v) is 9.64. The molecule has 1 atom stereocenters. The van der Waals surface area contributed by atoms with Gasteiger partial charge in [0.25, 0.3) is 5.17 Å². The standard InChI is InChI=1S/C12H15NOS/c1-2-12(8-13-11(15)14-9-12)10-6-4-3-5-7-10/h3-7H,2,8-9H2,1H3,(H,13,15). The molecule has 0 radical (unpaired) electrons. The Morgan fingerprint density at radius 3 is 2.67 bits per heavy atom. The maximum absolute atomic E-state index is 5.46. The van der Waals surface area contributed by atoms with E-state index in [4.69, 9.17) is 17.0 Å². The molecule has 1 N–H and O–H groups in total. The fourth-order valence-electron chi connectivity index (χ4n) is 1.96. The number of benzene rings is 1. The van der Waals surface area contributed by atoms with Crippen molar-refractivity contribution in [1.29, 1.82) is 0 Å². The van der Waals surface area contributed by atoms with Gasteiger partial charge < -0.3 is 10.1 Å². The summed E-state index contributed by atoms with van der Waals surface area (Å²) in [5, 5.41) is 3.65. The van der Waals surface area contributed by atoms with Crippen LogP contribution in [0, 0.1) is 0 Å². The summed E-state index contributed by atoms with van der Waals surface area (Å²) in [6.45, 7) is 3.73. The molecule has 1 heterocycles. The minimum Gasteiger partial charge on any atom is -0.470 e. The molecule has 1 aliphatic heterocycles. The Labute approximate surface area is 95.6 Å². The maximum Gasteiger partial charge on any atom is 0.256 e. The van der Waals surface area contributed by atoms with E-state index in [2.05, 4.69) is 36.5 Å². The van der Waals surface area contributed by atoms with E-state index in [9.17, 15) is 0 Å². The third kappa shape index (κ3) is 1.97. The van der Waals surface area contributed by atoms with Gasteiger partial charge in [0.2, 0.25) is 0 Å². The first-order valence-corrected chi connectivity index (χ1v) is 5.64. The number of thiocarbonyl (C=S) groups is 1. The third-order valence-electron chi connectivity index (χ3n) is 3.11. The quantitative estimate of drug-likeness (QED) is 0.774. The minimum atomic E-state index is 0.0730. The van der Waals surface area contributed by atoms with E-state index in [0.717, 1.165) is 13.0 Å². The minimum absolute atomic E-state index is 0.0730. The van der Waals surface area contributed by atoms with Crippen molar-refractivity contribution in [2.45, 2.75) is 18.8 Å². The van der Waals surface area contributed by atoms with Crippen molar-refractivity contribution >= 4 is 17.4 Å². The van der Waals surface area contributed by atoms with Crippen LogP contribution in [-0.2, 0) is 10.2 Å². The summed E-state index contributed by atoms with van der Waals surface area (Å²) in [6.07, 6.45) is 1.05. The van der Waals surface area contributed by atoms with Crippen molar-refractivity contribution in [2.75, 3.05) is 13.2 Å². The van der Waals surface area contributed by atoms with Gasteiger partial charge in [-0.15, -0.1) is 0 Å². The highest BCUT2D eigenvalue weighted by Crippen LogP contribution is 2.29. The van der Waals surface area contributed by atoms with Crippen molar-refractivity contribution in [1.82, 2.24) is 5.32 Å². The molecule has 1 fully saturated rings. The van der Waals surface area contributed by atoms with E-state index in [0.29, 0.717) is 11.8 Å². The molecule has 2 nitrogen and oxygen atoms in total. The Kier molecular flexibility index (Phi) is 2.91. The lowest BCUT2D eigenvalue weighted by Crippen LogP contribution is -2.49. The van der Waals surface area contributed by atoms with Crippen LogP contribution in [0.1, 0.15) is 18.9 Å². The molecule has 0 aromatic heterocycles. The highest BCUT2D eigenvalue weighted by molar-refractivity contribution is 7.80. The van der Waals surface area contributed by atoms with E-state index < -0.39 is 0 Å². The van der Waals surface area contributed by atoms with Gasteiger partial charge in [-0.3, -0.25) is 0 Å². The normalized spacial score (nSPS) is 25.5. The van der Waals surface area contributed by atoms with E-state index in [1.165, 1.54) is 5.56 Å². The molecule has 3 heteroatoms. The number of hydrogen-bond acceptors (Lipinski definition) is 2. The van der Waals surface area contributed by atoms with E-state index in [1.54, 1.807) is 0 Å². The Bertz CT molecular complexity index is 340. The molecule has 1 unspecified atom stereocenters. The Morgan fingerprint density at radius 2 is 2.13 bits per heavy atom. The zero-order valence-electron chi connectivity index (χ0n) is 8.82. The molecule has 0 spiro atoms. The van der Waals surface area contributed by atoms with Gasteiger partial charge in [0.15, 0.2) is 0 Å². The van der Waals surface area contributed by atoms with Crippen LogP contribution in [0.3, 0.4) is 0 Å². The molecule has 1 aromatic carbocycles. The highest BCUT2D eigenvalue weighted by atomic mass is 32.1. The molecular formula is C12H15NOS. The van der Waals surface area contributed by atoms with Gasteiger partial charge in [-0.2, -0.15) is 0 Å². The summed E-state index contributed by atoms with van der Waals surface area (Å²) in [5.41, 5.74) is 1.39. The van der Waals surface area contributed by atoms with Crippen molar-refractivity contribution in [3.8, 4) is 0 Å². The van der Waals surface area contributed by atoms with Gasteiger partial charge >= 0.3 is 0 Å². The summed E-state index contributed by atoms with van der Waals surface area (Å²) in [6, 6.07) is 10.5. The van der Waals surface area contributed by atoms with Crippen LogP contribution in [0.25, 0.3) is 0 Å². The molecule has 1 aromatic rings. The van der Waals surface area contributed by atoms with Crippen LogP contribution >= 0.6 is 12.2 Å². The predicted molar refractivity (Wildman–Crippen MR) is 65.0 cm³/mol. The second kappa shape index (κ2) is 4.19. The number of hydrogen-bond donors (Lipinski definition) is 1. The lowest BCUT2D eigenvalue weighted by molar-refractivity contribution is 0.164. The molecule has 15 heavy (non-hydrogen) atoms. The van der Waals surface area contributed by atoms with E-state index >= 15 is 0 Å². The highest BCUT2D eigenvalue weighted by Gasteiger charge is 2.34. The summed E-state index contributed by atoms with van der Waals surface area (Å²) >= 11 is 4.97. The van der Waals surface area contributed by atoms with E-state index in [-0.39, 0.29) is 5.41 Å². The smallest absolute Gasteiger partial charge is 0.256 e. The average Bonchev–Trinajstić information content (AvgIpc) is 2.32. The zero-order chi connectivity index (χ0) is 10.7. The van der Waals surface area contributed by atoms with Crippen LogP contribution in [0.15, 0.2) is 30.3 Å². The number of rotatable bonds is 2. The molecule has 0 saturated carbocycles. The monoisotopic (exact) mass is 221 g/mol. The Hall–Kier alpha value is -1.09. The van der Waals surface area contributed by atoms with Gasteiger partial charge in [0, 0.05) is 12.0 Å². The second-order valence-electron chi connectivity index (χ2n) is 3.93. The fourth-order valence-corrected chi connectivity index (χ4v) is 2.09. The van der Waals surface area contributed by atoms with Gasteiger partial charge in [0.05, 0.1) is 0 Å². The summed E-state index contributed by atoms with van der Waals surface area (Å²) in [5.74, 6) is 0. The van der Waals surface area contributed by atoms with Gasteiger partial charge in [-0.05, 0) is 24.2 Å². The van der Waals surface area contributed by atoms with Gasteiger partial charge in [-0.1, -0.05) is 37.3 Å². The molecule has 2 rings (SSSR count). The Morgan fingerprint density at radius 1 is 1.40 bits per heavy atom. The first kappa shape index (κ1) is 10.4.